The fourth-order valence-corrected chi connectivity index (χ4v) is 2.42. The van der Waals surface area contributed by atoms with Crippen LogP contribution in [0.2, 0.25) is 0 Å². The topological polar surface area (TPSA) is 21.3 Å². The smallest absolute Gasteiger partial charge is 0.127 e. The van der Waals surface area contributed by atoms with Crippen molar-refractivity contribution in [3.63, 3.8) is 0 Å². The highest BCUT2D eigenvalue weighted by Crippen LogP contribution is 2.39. The van der Waals surface area contributed by atoms with Gasteiger partial charge in [-0.2, -0.15) is 0 Å². The molecule has 2 rings (SSSR count). The van der Waals surface area contributed by atoms with Gasteiger partial charge in [-0.25, -0.2) is 0 Å². The van der Waals surface area contributed by atoms with E-state index in [1.54, 1.807) is 0 Å². The number of benzene rings is 1. The Balaban J connectivity index is 2.35. The van der Waals surface area contributed by atoms with Crippen molar-refractivity contribution in [2.24, 2.45) is 0 Å². The normalized spacial score (nSPS) is 18.4. The van der Waals surface area contributed by atoms with Gasteiger partial charge < -0.3 is 10.1 Å². The van der Waals surface area contributed by atoms with Crippen molar-refractivity contribution in [1.29, 1.82) is 0 Å². The molecule has 16 heavy (non-hydrogen) atoms. The highest BCUT2D eigenvalue weighted by atomic mass is 16.5. The Hall–Kier alpha value is -1.02. The molecule has 0 radical (unpaired) electrons. The van der Waals surface area contributed by atoms with E-state index < -0.39 is 0 Å². The largest absolute Gasteiger partial charge is 0.491 e. The average Bonchev–Trinajstić information content (AvgIpc) is 2.67. The van der Waals surface area contributed by atoms with E-state index in [2.05, 4.69) is 39.1 Å². The number of ether oxygens (including phenoxy) is 1. The lowest BCUT2D eigenvalue weighted by atomic mass is 9.96. The lowest BCUT2D eigenvalue weighted by Gasteiger charge is -2.14. The van der Waals surface area contributed by atoms with Gasteiger partial charge in [-0.15, -0.1) is 0 Å². The Labute approximate surface area is 98.0 Å². The molecule has 2 heteroatoms. The van der Waals surface area contributed by atoms with Gasteiger partial charge in [-0.1, -0.05) is 13.0 Å². The van der Waals surface area contributed by atoms with Crippen molar-refractivity contribution in [3.8, 4) is 5.75 Å². The highest BCUT2D eigenvalue weighted by molar-refractivity contribution is 5.53. The molecule has 0 aromatic heterocycles. The van der Waals surface area contributed by atoms with Crippen molar-refractivity contribution in [2.75, 3.05) is 13.2 Å². The number of hydrogen-bond acceptors (Lipinski definition) is 2. The monoisotopic (exact) mass is 219 g/mol. The van der Waals surface area contributed by atoms with E-state index in [0.29, 0.717) is 6.04 Å². The Kier molecular flexibility index (Phi) is 3.20. The fourth-order valence-electron chi connectivity index (χ4n) is 2.42. The summed E-state index contributed by atoms with van der Waals surface area (Å²) in [6, 6.07) is 2.65. The molecule has 88 valence electrons. The summed E-state index contributed by atoms with van der Waals surface area (Å²) < 4.78 is 5.84. The van der Waals surface area contributed by atoms with Crippen LogP contribution in [0.4, 0.5) is 0 Å². The maximum absolute atomic E-state index is 5.84. The zero-order valence-corrected chi connectivity index (χ0v) is 10.7. The summed E-state index contributed by atoms with van der Waals surface area (Å²) in [6.45, 7) is 10.5. The van der Waals surface area contributed by atoms with Crippen molar-refractivity contribution in [2.45, 2.75) is 40.2 Å². The maximum atomic E-state index is 5.84. The molecule has 0 amide bonds. The van der Waals surface area contributed by atoms with Crippen LogP contribution in [0, 0.1) is 20.8 Å². The molecule has 1 aliphatic rings. The van der Waals surface area contributed by atoms with Crippen molar-refractivity contribution < 1.29 is 4.74 Å². The molecule has 1 N–H and O–H groups in total. The van der Waals surface area contributed by atoms with E-state index >= 15 is 0 Å². The number of fused-ring (bicyclic) bond motifs is 1. The number of hydrogen-bond donors (Lipinski definition) is 1. The summed E-state index contributed by atoms with van der Waals surface area (Å²) >= 11 is 0. The van der Waals surface area contributed by atoms with Crippen LogP contribution in [0.15, 0.2) is 6.07 Å². The predicted molar refractivity (Wildman–Crippen MR) is 67.2 cm³/mol. The molecule has 1 aromatic rings. The minimum atomic E-state index is 0.384. The van der Waals surface area contributed by atoms with E-state index in [0.717, 1.165) is 25.3 Å². The van der Waals surface area contributed by atoms with E-state index in [9.17, 15) is 0 Å². The summed E-state index contributed by atoms with van der Waals surface area (Å²) in [5.41, 5.74) is 5.34. The van der Waals surface area contributed by atoms with Crippen LogP contribution in [-0.4, -0.2) is 13.2 Å². The molecule has 1 aliphatic heterocycles. The van der Waals surface area contributed by atoms with Crippen molar-refractivity contribution in [1.82, 2.24) is 5.32 Å². The molecule has 0 saturated heterocycles. The molecule has 0 bridgehead atoms. The quantitative estimate of drug-likeness (QED) is 0.843. The Bertz CT molecular complexity index is 398. The van der Waals surface area contributed by atoms with E-state index in [1.807, 2.05) is 0 Å². The van der Waals surface area contributed by atoms with Crippen molar-refractivity contribution >= 4 is 0 Å². The highest BCUT2D eigenvalue weighted by Gasteiger charge is 2.27. The third-order valence-corrected chi connectivity index (χ3v) is 3.42. The average molecular weight is 219 g/mol. The standard InChI is InChI=1S/C14H21NO/c1-5-6-15-12-8-16-14-11(4)9(2)7-10(3)13(12)14/h7,12,15H,5-6,8H2,1-4H3. The minimum Gasteiger partial charge on any atom is -0.491 e. The van der Waals surface area contributed by atoms with Crippen LogP contribution in [0.3, 0.4) is 0 Å². The molecule has 1 atom stereocenters. The molecule has 2 nitrogen and oxygen atoms in total. The van der Waals surface area contributed by atoms with Gasteiger partial charge in [0.2, 0.25) is 0 Å². The predicted octanol–water partition coefficient (Wildman–Crippen LogP) is 3.04. The number of rotatable bonds is 3. The summed E-state index contributed by atoms with van der Waals surface area (Å²) in [4.78, 5) is 0. The van der Waals surface area contributed by atoms with E-state index in [4.69, 9.17) is 4.74 Å². The molecular formula is C14H21NO. The van der Waals surface area contributed by atoms with Crippen LogP contribution in [-0.2, 0) is 0 Å². The second kappa shape index (κ2) is 4.46. The zero-order chi connectivity index (χ0) is 11.7. The van der Waals surface area contributed by atoms with Crippen LogP contribution in [0.25, 0.3) is 0 Å². The summed E-state index contributed by atoms with van der Waals surface area (Å²) in [5.74, 6) is 1.12. The van der Waals surface area contributed by atoms with Crippen LogP contribution < -0.4 is 10.1 Å². The lowest BCUT2D eigenvalue weighted by Crippen LogP contribution is -2.23. The molecular weight excluding hydrogens is 198 g/mol. The molecule has 1 heterocycles. The zero-order valence-electron chi connectivity index (χ0n) is 10.7. The van der Waals surface area contributed by atoms with E-state index in [-0.39, 0.29) is 0 Å². The van der Waals surface area contributed by atoms with Gasteiger partial charge >= 0.3 is 0 Å². The van der Waals surface area contributed by atoms with Crippen LogP contribution in [0.1, 0.15) is 41.6 Å². The Morgan fingerprint density at radius 2 is 2.06 bits per heavy atom. The molecule has 1 unspecified atom stereocenters. The molecule has 1 aromatic carbocycles. The third-order valence-electron chi connectivity index (χ3n) is 3.42. The van der Waals surface area contributed by atoms with Gasteiger partial charge in [-0.3, -0.25) is 0 Å². The summed E-state index contributed by atoms with van der Waals surface area (Å²) in [7, 11) is 0. The summed E-state index contributed by atoms with van der Waals surface area (Å²) in [6.07, 6.45) is 1.16. The lowest BCUT2D eigenvalue weighted by molar-refractivity contribution is 0.310. The second-order valence-electron chi connectivity index (χ2n) is 4.70. The first-order valence-corrected chi connectivity index (χ1v) is 6.12. The second-order valence-corrected chi connectivity index (χ2v) is 4.70. The maximum Gasteiger partial charge on any atom is 0.127 e. The van der Waals surface area contributed by atoms with Crippen LogP contribution in [0.5, 0.6) is 5.75 Å². The minimum absolute atomic E-state index is 0.384. The van der Waals surface area contributed by atoms with Gasteiger partial charge in [0.25, 0.3) is 0 Å². The molecule has 0 fully saturated rings. The van der Waals surface area contributed by atoms with Crippen LogP contribution >= 0.6 is 0 Å². The molecule has 0 saturated carbocycles. The number of nitrogens with one attached hydrogen (secondary N) is 1. The Morgan fingerprint density at radius 3 is 2.75 bits per heavy atom. The Morgan fingerprint density at radius 1 is 1.31 bits per heavy atom. The first kappa shape index (κ1) is 11.5. The molecule has 0 aliphatic carbocycles. The SMILES string of the molecule is CCCNC1COc2c(C)c(C)cc(C)c21. The number of aryl methyl sites for hydroxylation is 2. The van der Waals surface area contributed by atoms with Gasteiger partial charge in [0.1, 0.15) is 12.4 Å². The summed E-state index contributed by atoms with van der Waals surface area (Å²) in [5, 5.41) is 3.55. The van der Waals surface area contributed by atoms with Gasteiger partial charge in [0.15, 0.2) is 0 Å². The van der Waals surface area contributed by atoms with Gasteiger partial charge in [0.05, 0.1) is 6.04 Å². The molecule has 0 spiro atoms. The van der Waals surface area contributed by atoms with Gasteiger partial charge in [0, 0.05) is 5.56 Å². The van der Waals surface area contributed by atoms with Crippen molar-refractivity contribution in [3.05, 3.63) is 28.3 Å². The van der Waals surface area contributed by atoms with E-state index in [1.165, 1.54) is 22.3 Å². The third kappa shape index (κ3) is 1.82. The fraction of sp³-hybridized carbons (Fsp3) is 0.571. The first-order chi connectivity index (χ1) is 7.65. The van der Waals surface area contributed by atoms with Gasteiger partial charge in [-0.05, 0) is 50.4 Å². The first-order valence-electron chi connectivity index (χ1n) is 6.12.